The van der Waals surface area contributed by atoms with Crippen molar-refractivity contribution in [3.8, 4) is 0 Å². The van der Waals surface area contributed by atoms with E-state index in [1.165, 1.54) is 32.1 Å². The van der Waals surface area contributed by atoms with Crippen molar-refractivity contribution in [2.75, 3.05) is 26.7 Å². The molecule has 2 rings (SSSR count). The molecule has 3 heteroatoms. The second-order valence-electron chi connectivity index (χ2n) is 5.78. The van der Waals surface area contributed by atoms with Crippen molar-refractivity contribution in [3.05, 3.63) is 0 Å². The smallest absolute Gasteiger partial charge is 0.222 e. The molecule has 3 nitrogen and oxygen atoms in total. The molecule has 2 fully saturated rings. The minimum atomic E-state index is 0.351. The summed E-state index contributed by atoms with van der Waals surface area (Å²) in [7, 11) is 1.97. The number of hydrogen-bond acceptors (Lipinski definition) is 2. The van der Waals surface area contributed by atoms with Gasteiger partial charge in [0.15, 0.2) is 0 Å². The number of amides is 1. The van der Waals surface area contributed by atoms with Crippen molar-refractivity contribution < 1.29 is 4.79 Å². The van der Waals surface area contributed by atoms with Crippen molar-refractivity contribution in [1.29, 1.82) is 0 Å². The Kier molecular flexibility index (Phi) is 4.84. The van der Waals surface area contributed by atoms with Gasteiger partial charge >= 0.3 is 0 Å². The van der Waals surface area contributed by atoms with E-state index in [4.69, 9.17) is 0 Å². The largest absolute Gasteiger partial charge is 0.346 e. The Morgan fingerprint density at radius 3 is 2.41 bits per heavy atom. The van der Waals surface area contributed by atoms with Gasteiger partial charge in [0, 0.05) is 20.0 Å². The minimum absolute atomic E-state index is 0.351. The third kappa shape index (κ3) is 4.66. The Balaban J connectivity index is 1.57. The van der Waals surface area contributed by atoms with E-state index in [1.54, 1.807) is 0 Å². The first kappa shape index (κ1) is 12.9. The van der Waals surface area contributed by atoms with Gasteiger partial charge in [0.2, 0.25) is 5.91 Å². The van der Waals surface area contributed by atoms with Crippen LogP contribution in [-0.4, -0.2) is 37.5 Å². The Morgan fingerprint density at radius 2 is 1.76 bits per heavy atom. The molecule has 0 radical (unpaired) electrons. The zero-order valence-corrected chi connectivity index (χ0v) is 11.1. The molecule has 1 saturated carbocycles. The van der Waals surface area contributed by atoms with Gasteiger partial charge in [0.05, 0.1) is 0 Å². The summed E-state index contributed by atoms with van der Waals surface area (Å²) in [6, 6.07) is 0. The molecule has 0 atom stereocenters. The lowest BCUT2D eigenvalue weighted by Crippen LogP contribution is -2.31. The highest BCUT2D eigenvalue weighted by atomic mass is 16.2. The van der Waals surface area contributed by atoms with Crippen LogP contribution in [0.4, 0.5) is 0 Å². The van der Waals surface area contributed by atoms with Gasteiger partial charge in [-0.25, -0.2) is 0 Å². The number of carbonyl (C=O) groups excluding carboxylic acids is 1. The first-order valence-corrected chi connectivity index (χ1v) is 7.20. The molecule has 1 heterocycles. The van der Waals surface area contributed by atoms with Gasteiger partial charge in [-0.15, -0.1) is 0 Å². The number of nitrogens with one attached hydrogen (secondary N) is 1. The molecule has 1 aliphatic heterocycles. The summed E-state index contributed by atoms with van der Waals surface area (Å²) in [6.07, 6.45) is 8.34. The third-order valence-corrected chi connectivity index (χ3v) is 4.22. The lowest BCUT2D eigenvalue weighted by atomic mass is 9.93. The zero-order valence-electron chi connectivity index (χ0n) is 11.1. The first-order chi connectivity index (χ1) is 8.25. The predicted octanol–water partition coefficient (Wildman–Crippen LogP) is 2.02. The van der Waals surface area contributed by atoms with Gasteiger partial charge in [-0.3, -0.25) is 4.79 Å². The molecule has 1 amide bonds. The molecule has 0 spiro atoms. The molecule has 0 aromatic rings. The monoisotopic (exact) mass is 238 g/mol. The van der Waals surface area contributed by atoms with E-state index in [2.05, 4.69) is 5.32 Å². The third-order valence-electron chi connectivity index (χ3n) is 4.22. The van der Waals surface area contributed by atoms with E-state index in [0.29, 0.717) is 5.91 Å². The van der Waals surface area contributed by atoms with Gasteiger partial charge in [-0.1, -0.05) is 12.8 Å². The van der Waals surface area contributed by atoms with Gasteiger partial charge in [0.25, 0.3) is 0 Å². The van der Waals surface area contributed by atoms with Gasteiger partial charge < -0.3 is 10.2 Å². The minimum Gasteiger partial charge on any atom is -0.346 e. The van der Waals surface area contributed by atoms with Crippen molar-refractivity contribution in [3.63, 3.8) is 0 Å². The highest BCUT2D eigenvalue weighted by Gasteiger charge is 2.22. The Bertz CT molecular complexity index is 245. The summed E-state index contributed by atoms with van der Waals surface area (Å²) in [6.45, 7) is 3.24. The molecular weight excluding hydrogens is 212 g/mol. The summed E-state index contributed by atoms with van der Waals surface area (Å²) in [5.41, 5.74) is 0. The van der Waals surface area contributed by atoms with Crippen LogP contribution in [0.15, 0.2) is 0 Å². The van der Waals surface area contributed by atoms with Crippen LogP contribution >= 0.6 is 0 Å². The van der Waals surface area contributed by atoms with Crippen LogP contribution in [0.5, 0.6) is 0 Å². The highest BCUT2D eigenvalue weighted by molar-refractivity contribution is 5.75. The van der Waals surface area contributed by atoms with Crippen LogP contribution in [0.2, 0.25) is 0 Å². The Morgan fingerprint density at radius 1 is 1.12 bits per heavy atom. The molecule has 2 aliphatic rings. The fourth-order valence-electron chi connectivity index (χ4n) is 2.60. The number of piperidine rings is 1. The second-order valence-corrected chi connectivity index (χ2v) is 5.78. The van der Waals surface area contributed by atoms with E-state index >= 15 is 0 Å². The number of carbonyl (C=O) groups is 1. The van der Waals surface area contributed by atoms with Crippen LogP contribution < -0.4 is 5.32 Å². The Labute approximate surface area is 105 Å². The molecule has 0 bridgehead atoms. The second kappa shape index (κ2) is 6.39. The summed E-state index contributed by atoms with van der Waals surface area (Å²) < 4.78 is 0. The SMILES string of the molecule is CN(CCC1CC1)C(=O)CCC1CCNCC1. The zero-order chi connectivity index (χ0) is 12.1. The summed E-state index contributed by atoms with van der Waals surface area (Å²) in [5, 5.41) is 3.37. The fourth-order valence-corrected chi connectivity index (χ4v) is 2.60. The predicted molar refractivity (Wildman–Crippen MR) is 69.8 cm³/mol. The molecule has 98 valence electrons. The average molecular weight is 238 g/mol. The van der Waals surface area contributed by atoms with Crippen LogP contribution in [0, 0.1) is 11.8 Å². The molecular formula is C14H26N2O. The lowest BCUT2D eigenvalue weighted by molar-refractivity contribution is -0.130. The summed E-state index contributed by atoms with van der Waals surface area (Å²) >= 11 is 0. The van der Waals surface area contributed by atoms with Crippen LogP contribution in [0.1, 0.15) is 44.9 Å². The van der Waals surface area contributed by atoms with E-state index in [0.717, 1.165) is 44.3 Å². The van der Waals surface area contributed by atoms with E-state index in [1.807, 2.05) is 11.9 Å². The topological polar surface area (TPSA) is 32.3 Å². The normalized spacial score (nSPS) is 21.5. The van der Waals surface area contributed by atoms with Gasteiger partial charge in [-0.05, 0) is 50.6 Å². The Hall–Kier alpha value is -0.570. The van der Waals surface area contributed by atoms with Crippen LogP contribution in [0.25, 0.3) is 0 Å². The van der Waals surface area contributed by atoms with Crippen molar-refractivity contribution in [2.24, 2.45) is 11.8 Å². The highest BCUT2D eigenvalue weighted by Crippen LogP contribution is 2.32. The van der Waals surface area contributed by atoms with Gasteiger partial charge in [-0.2, -0.15) is 0 Å². The lowest BCUT2D eigenvalue weighted by Gasteiger charge is -2.23. The maximum absolute atomic E-state index is 11.9. The molecule has 0 aromatic heterocycles. The van der Waals surface area contributed by atoms with Crippen LogP contribution in [0.3, 0.4) is 0 Å². The van der Waals surface area contributed by atoms with Gasteiger partial charge in [0.1, 0.15) is 0 Å². The summed E-state index contributed by atoms with van der Waals surface area (Å²) in [4.78, 5) is 13.9. The van der Waals surface area contributed by atoms with Crippen LogP contribution in [-0.2, 0) is 4.79 Å². The standard InChI is InChI=1S/C14H26N2O/c1-16(11-8-12-2-3-12)14(17)5-4-13-6-9-15-10-7-13/h12-13,15H,2-11H2,1H3. The molecule has 0 aromatic carbocycles. The number of hydrogen-bond donors (Lipinski definition) is 1. The van der Waals surface area contributed by atoms with Crippen molar-refractivity contribution in [2.45, 2.75) is 44.9 Å². The summed E-state index contributed by atoms with van der Waals surface area (Å²) in [5.74, 6) is 2.05. The average Bonchev–Trinajstić information content (AvgIpc) is 3.18. The molecule has 17 heavy (non-hydrogen) atoms. The molecule has 0 unspecified atom stereocenters. The molecule has 1 aliphatic carbocycles. The van der Waals surface area contributed by atoms with E-state index in [9.17, 15) is 4.79 Å². The van der Waals surface area contributed by atoms with Crippen molar-refractivity contribution in [1.82, 2.24) is 10.2 Å². The molecule has 1 N–H and O–H groups in total. The quantitative estimate of drug-likeness (QED) is 0.768. The fraction of sp³-hybridized carbons (Fsp3) is 0.929. The number of nitrogens with zero attached hydrogens (tertiary/aromatic N) is 1. The maximum Gasteiger partial charge on any atom is 0.222 e. The van der Waals surface area contributed by atoms with Crippen molar-refractivity contribution >= 4 is 5.91 Å². The van der Waals surface area contributed by atoms with E-state index < -0.39 is 0 Å². The van der Waals surface area contributed by atoms with E-state index in [-0.39, 0.29) is 0 Å². The molecule has 1 saturated heterocycles. The number of rotatable bonds is 6. The maximum atomic E-state index is 11.9. The first-order valence-electron chi connectivity index (χ1n) is 7.20.